The third kappa shape index (κ3) is 4.53. The van der Waals surface area contributed by atoms with E-state index in [1.54, 1.807) is 11.1 Å². The van der Waals surface area contributed by atoms with Gasteiger partial charge < -0.3 is 4.90 Å². The smallest absolute Gasteiger partial charge is 0.0581 e. The van der Waals surface area contributed by atoms with E-state index in [0.717, 1.165) is 23.7 Å². The Morgan fingerprint density at radius 2 is 1.37 bits per heavy atom. The average Bonchev–Trinajstić information content (AvgIpc) is 3.68. The van der Waals surface area contributed by atoms with Gasteiger partial charge in [0.2, 0.25) is 0 Å². The summed E-state index contributed by atoms with van der Waals surface area (Å²) in [6, 6.07) is 33.6. The highest BCUT2D eigenvalue weighted by atomic mass is 15.1. The van der Waals surface area contributed by atoms with Crippen LogP contribution in [-0.4, -0.2) is 0 Å². The normalized spacial score (nSPS) is 31.1. The number of para-hydroxylation sites is 1. The van der Waals surface area contributed by atoms with Gasteiger partial charge in [-0.1, -0.05) is 133 Å². The molecule has 0 amide bonds. The molecule has 52 heavy (non-hydrogen) atoms. The van der Waals surface area contributed by atoms with Crippen molar-refractivity contribution in [2.24, 2.45) is 29.6 Å². The van der Waals surface area contributed by atoms with E-state index in [0.29, 0.717) is 11.8 Å². The monoisotopic (exact) mass is 683 g/mol. The highest BCUT2D eigenvalue weighted by Crippen LogP contribution is 2.75. The van der Waals surface area contributed by atoms with Crippen LogP contribution in [0, 0.1) is 29.6 Å². The predicted octanol–water partition coefficient (Wildman–Crippen LogP) is 13.6. The Morgan fingerprint density at radius 3 is 2.10 bits per heavy atom. The van der Waals surface area contributed by atoms with E-state index in [-0.39, 0.29) is 21.7 Å². The summed E-state index contributed by atoms with van der Waals surface area (Å²) < 4.78 is 0. The third-order valence-electron chi connectivity index (χ3n) is 15.4. The first-order valence-electron chi connectivity index (χ1n) is 20.5. The summed E-state index contributed by atoms with van der Waals surface area (Å²) in [6.45, 7) is 16.8. The van der Waals surface area contributed by atoms with Gasteiger partial charge >= 0.3 is 0 Å². The van der Waals surface area contributed by atoms with Crippen LogP contribution in [0.2, 0.25) is 0 Å². The summed E-state index contributed by atoms with van der Waals surface area (Å²) in [7, 11) is 0. The van der Waals surface area contributed by atoms with Crippen LogP contribution < -0.4 is 4.90 Å². The Hall–Kier alpha value is -3.84. The molecular weight excluding hydrogens is 627 g/mol. The lowest BCUT2D eigenvalue weighted by atomic mass is 9.56. The fourth-order valence-corrected chi connectivity index (χ4v) is 12.9. The number of fused-ring (bicyclic) bond motifs is 4. The first kappa shape index (κ1) is 32.8. The van der Waals surface area contributed by atoms with Crippen molar-refractivity contribution in [3.05, 3.63) is 137 Å². The summed E-state index contributed by atoms with van der Waals surface area (Å²) in [6.07, 6.45) is 18.2. The fourth-order valence-electron chi connectivity index (χ4n) is 12.9. The SMILES string of the molecule is CC(C)(C)c1ccc(-c2ccc3c(c2N(c2ccccc2)c2ccc4c(c2)C(C)(C)CCC4(C)C)C2C=CC=CC2C32C3CC4CC(C3)C2C4)cc1. The molecule has 4 aromatic carbocycles. The molecule has 4 aromatic rings. The van der Waals surface area contributed by atoms with Gasteiger partial charge in [-0.3, -0.25) is 0 Å². The molecule has 4 bridgehead atoms. The van der Waals surface area contributed by atoms with Crippen molar-refractivity contribution in [3.8, 4) is 11.1 Å². The van der Waals surface area contributed by atoms with Crippen molar-refractivity contribution in [3.63, 3.8) is 0 Å². The van der Waals surface area contributed by atoms with Gasteiger partial charge in [-0.15, -0.1) is 0 Å². The van der Waals surface area contributed by atoms with Gasteiger partial charge in [0.25, 0.3) is 0 Å². The van der Waals surface area contributed by atoms with E-state index in [9.17, 15) is 0 Å². The van der Waals surface area contributed by atoms with Crippen LogP contribution in [0.3, 0.4) is 0 Å². The van der Waals surface area contributed by atoms with E-state index in [2.05, 4.69) is 163 Å². The molecule has 266 valence electrons. The van der Waals surface area contributed by atoms with Crippen molar-refractivity contribution in [2.45, 2.75) is 115 Å². The lowest BCUT2D eigenvalue weighted by molar-refractivity contribution is 0.114. The zero-order chi connectivity index (χ0) is 35.8. The number of allylic oxidation sites excluding steroid dienone is 4. The summed E-state index contributed by atoms with van der Waals surface area (Å²) in [4.78, 5) is 2.69. The molecule has 0 aromatic heterocycles. The van der Waals surface area contributed by atoms with Crippen LogP contribution in [0.4, 0.5) is 17.1 Å². The zero-order valence-electron chi connectivity index (χ0n) is 32.5. The van der Waals surface area contributed by atoms with Gasteiger partial charge in [-0.25, -0.2) is 0 Å². The minimum absolute atomic E-state index is 0.110. The Morgan fingerprint density at radius 1 is 0.654 bits per heavy atom. The number of anilines is 3. The van der Waals surface area contributed by atoms with Crippen molar-refractivity contribution in [1.82, 2.24) is 0 Å². The summed E-state index contributed by atoms with van der Waals surface area (Å²) in [5.74, 6) is 4.36. The molecule has 4 saturated carbocycles. The van der Waals surface area contributed by atoms with Crippen molar-refractivity contribution >= 4 is 17.1 Å². The zero-order valence-corrected chi connectivity index (χ0v) is 32.5. The molecule has 7 unspecified atom stereocenters. The standard InChI is InChI=1S/C51H57N/c1-48(2,3)35-19-17-33(18-20-35)39-22-24-43-46(40-15-11-12-16-41(40)51(43)36-28-32-27-34(30-36)44(51)29-32)47(39)52(37-13-9-8-10-14-37)38-21-23-42-45(31-38)50(6,7)26-25-49(42,4)5/h8-24,31-32,34,36,40-41,44H,25-30H2,1-7H3. The van der Waals surface area contributed by atoms with Crippen LogP contribution in [0.15, 0.2) is 109 Å². The topological polar surface area (TPSA) is 3.24 Å². The Labute approximate surface area is 313 Å². The van der Waals surface area contributed by atoms with Crippen LogP contribution in [0.5, 0.6) is 0 Å². The van der Waals surface area contributed by atoms with Crippen LogP contribution >= 0.6 is 0 Å². The van der Waals surface area contributed by atoms with Crippen molar-refractivity contribution in [2.75, 3.05) is 4.90 Å². The van der Waals surface area contributed by atoms with Gasteiger partial charge in [0.15, 0.2) is 0 Å². The molecule has 4 fully saturated rings. The van der Waals surface area contributed by atoms with Crippen LogP contribution in [0.1, 0.15) is 121 Å². The molecule has 7 aliphatic carbocycles. The van der Waals surface area contributed by atoms with Crippen molar-refractivity contribution in [1.29, 1.82) is 0 Å². The van der Waals surface area contributed by atoms with E-state index in [4.69, 9.17) is 0 Å². The second kappa shape index (κ2) is 11.1. The molecule has 11 rings (SSSR count). The second-order valence-electron chi connectivity index (χ2n) is 20.0. The summed E-state index contributed by atoms with van der Waals surface area (Å²) >= 11 is 0. The quantitative estimate of drug-likeness (QED) is 0.207. The molecule has 0 radical (unpaired) electrons. The molecule has 0 heterocycles. The molecule has 7 aliphatic rings. The van der Waals surface area contributed by atoms with E-state index < -0.39 is 0 Å². The third-order valence-corrected chi connectivity index (χ3v) is 15.4. The lowest BCUT2D eigenvalue weighted by Crippen LogP contribution is -2.44. The van der Waals surface area contributed by atoms with E-state index >= 15 is 0 Å². The predicted molar refractivity (Wildman–Crippen MR) is 219 cm³/mol. The average molecular weight is 684 g/mol. The maximum atomic E-state index is 2.69. The number of benzene rings is 4. The number of rotatable bonds is 4. The van der Waals surface area contributed by atoms with Gasteiger partial charge in [-0.05, 0) is 142 Å². The summed E-state index contributed by atoms with van der Waals surface area (Å²) in [5, 5.41) is 0. The first-order chi connectivity index (χ1) is 24.9. The van der Waals surface area contributed by atoms with Gasteiger partial charge in [-0.2, -0.15) is 0 Å². The minimum atomic E-state index is 0.110. The number of nitrogens with zero attached hydrogens (tertiary/aromatic N) is 1. The molecule has 0 N–H and O–H groups in total. The minimum Gasteiger partial charge on any atom is -0.310 e. The molecule has 0 saturated heterocycles. The van der Waals surface area contributed by atoms with Crippen LogP contribution in [-0.2, 0) is 21.7 Å². The van der Waals surface area contributed by atoms with Gasteiger partial charge in [0.1, 0.15) is 0 Å². The fraction of sp³-hybridized carbons (Fsp3) is 0.451. The maximum Gasteiger partial charge on any atom is 0.0581 e. The Balaban J connectivity index is 1.28. The van der Waals surface area contributed by atoms with Gasteiger partial charge in [0.05, 0.1) is 5.69 Å². The highest BCUT2D eigenvalue weighted by Gasteiger charge is 2.69. The van der Waals surface area contributed by atoms with Crippen LogP contribution in [0.25, 0.3) is 11.1 Å². The first-order valence-corrected chi connectivity index (χ1v) is 20.5. The molecular formula is C51H57N. The summed E-state index contributed by atoms with van der Waals surface area (Å²) in [5.41, 5.74) is 15.0. The number of hydrogen-bond donors (Lipinski definition) is 0. The molecule has 7 atom stereocenters. The largest absolute Gasteiger partial charge is 0.310 e. The second-order valence-corrected chi connectivity index (χ2v) is 20.0. The lowest BCUT2D eigenvalue weighted by Gasteiger charge is -2.47. The van der Waals surface area contributed by atoms with E-state index in [1.807, 2.05) is 0 Å². The molecule has 1 spiro atoms. The Kier molecular flexibility index (Phi) is 7.00. The molecule has 0 aliphatic heterocycles. The maximum absolute atomic E-state index is 2.69. The highest BCUT2D eigenvalue weighted by molar-refractivity contribution is 5.92. The van der Waals surface area contributed by atoms with Gasteiger partial charge in [0, 0.05) is 28.3 Å². The van der Waals surface area contributed by atoms with Crippen molar-refractivity contribution < 1.29 is 0 Å². The van der Waals surface area contributed by atoms with E-state index in [1.165, 1.54) is 83.4 Å². The Bertz CT molecular complexity index is 2120. The number of hydrogen-bond acceptors (Lipinski definition) is 1. The molecule has 1 nitrogen and oxygen atoms in total. The molecule has 1 heteroatoms.